The van der Waals surface area contributed by atoms with Gasteiger partial charge in [0.05, 0.1) is 19.5 Å². The molecular formula is C29H32N4O5. The number of rotatable bonds is 13. The molecule has 38 heavy (non-hydrogen) atoms. The monoisotopic (exact) mass is 516 g/mol. The van der Waals surface area contributed by atoms with E-state index < -0.39 is 12.0 Å². The average Bonchev–Trinajstić information content (AvgIpc) is 2.88. The fraction of sp³-hybridized carbons (Fsp3) is 0.241. The maximum absolute atomic E-state index is 12.5. The number of carbonyl (C=O) groups is 4. The molecule has 0 heterocycles. The standard InChI is InChI=1S/C29H32N4O5/c1-19-5-3-4-6-26(19)33-29(38)32-24-11-7-21(8-12-24)15-25(35)18-30-23-13-9-22(10-14-23)27(16-28(36)37)31-17-20(2)34/h3-14,27,30-31H,15-18H2,1-2H3,(H,36,37)(H2,32,33,38). The Kier molecular flexibility index (Phi) is 10.1. The second-order valence-electron chi connectivity index (χ2n) is 9.02. The van der Waals surface area contributed by atoms with Crippen molar-refractivity contribution in [2.75, 3.05) is 29.0 Å². The molecule has 3 aromatic rings. The van der Waals surface area contributed by atoms with Crippen molar-refractivity contribution < 1.29 is 24.3 Å². The van der Waals surface area contributed by atoms with Gasteiger partial charge in [0.2, 0.25) is 0 Å². The van der Waals surface area contributed by atoms with Crippen molar-refractivity contribution in [2.45, 2.75) is 32.7 Å². The Hall–Kier alpha value is -4.50. The fourth-order valence-electron chi connectivity index (χ4n) is 3.78. The van der Waals surface area contributed by atoms with Crippen molar-refractivity contribution in [1.82, 2.24) is 5.32 Å². The second-order valence-corrected chi connectivity index (χ2v) is 9.02. The Balaban J connectivity index is 1.47. The number of hydrogen-bond acceptors (Lipinski definition) is 6. The van der Waals surface area contributed by atoms with Crippen LogP contribution in [-0.2, 0) is 20.8 Å². The minimum Gasteiger partial charge on any atom is -0.481 e. The molecule has 3 aromatic carbocycles. The van der Waals surface area contributed by atoms with Crippen molar-refractivity contribution in [3.63, 3.8) is 0 Å². The lowest BCUT2D eigenvalue weighted by Crippen LogP contribution is -2.28. The quantitative estimate of drug-likeness (QED) is 0.225. The van der Waals surface area contributed by atoms with E-state index in [0.717, 1.165) is 28.1 Å². The van der Waals surface area contributed by atoms with Gasteiger partial charge in [-0.15, -0.1) is 0 Å². The first kappa shape index (κ1) is 28.1. The van der Waals surface area contributed by atoms with E-state index in [1.54, 1.807) is 48.5 Å². The zero-order chi connectivity index (χ0) is 27.5. The highest BCUT2D eigenvalue weighted by Gasteiger charge is 2.16. The van der Waals surface area contributed by atoms with E-state index in [1.807, 2.05) is 31.2 Å². The van der Waals surface area contributed by atoms with Gasteiger partial charge in [-0.25, -0.2) is 4.79 Å². The van der Waals surface area contributed by atoms with Crippen LogP contribution in [0.3, 0.4) is 0 Å². The maximum atomic E-state index is 12.5. The molecule has 9 nitrogen and oxygen atoms in total. The normalized spacial score (nSPS) is 11.3. The Morgan fingerprint density at radius 2 is 1.47 bits per heavy atom. The molecule has 0 aliphatic carbocycles. The zero-order valence-corrected chi connectivity index (χ0v) is 21.4. The van der Waals surface area contributed by atoms with Crippen molar-refractivity contribution >= 4 is 40.6 Å². The summed E-state index contributed by atoms with van der Waals surface area (Å²) < 4.78 is 0. The summed E-state index contributed by atoms with van der Waals surface area (Å²) in [4.78, 5) is 47.2. The van der Waals surface area contributed by atoms with Gasteiger partial charge in [-0.2, -0.15) is 0 Å². The number of para-hydroxylation sites is 1. The molecule has 0 aliphatic heterocycles. The van der Waals surface area contributed by atoms with Gasteiger partial charge >= 0.3 is 12.0 Å². The molecule has 198 valence electrons. The van der Waals surface area contributed by atoms with Crippen LogP contribution in [-0.4, -0.2) is 41.8 Å². The van der Waals surface area contributed by atoms with Gasteiger partial charge < -0.3 is 26.4 Å². The fourth-order valence-corrected chi connectivity index (χ4v) is 3.78. The van der Waals surface area contributed by atoms with Crippen LogP contribution in [0.1, 0.15) is 36.1 Å². The number of aryl methyl sites for hydroxylation is 1. The largest absolute Gasteiger partial charge is 0.481 e. The van der Waals surface area contributed by atoms with Crippen LogP contribution in [0.4, 0.5) is 21.9 Å². The molecule has 0 aromatic heterocycles. The number of aliphatic carboxylic acids is 1. The van der Waals surface area contributed by atoms with Gasteiger partial charge in [-0.05, 0) is 60.9 Å². The summed E-state index contributed by atoms with van der Waals surface area (Å²) in [6, 6.07) is 20.9. The summed E-state index contributed by atoms with van der Waals surface area (Å²) in [5, 5.41) is 20.8. The number of urea groups is 1. The number of ketones is 2. The topological polar surface area (TPSA) is 137 Å². The van der Waals surface area contributed by atoms with E-state index in [-0.39, 0.29) is 43.5 Å². The number of carboxylic acids is 1. The van der Waals surface area contributed by atoms with Gasteiger partial charge in [0.1, 0.15) is 5.78 Å². The van der Waals surface area contributed by atoms with Crippen LogP contribution in [0, 0.1) is 6.92 Å². The molecular weight excluding hydrogens is 484 g/mol. The van der Waals surface area contributed by atoms with Crippen LogP contribution in [0.2, 0.25) is 0 Å². The highest BCUT2D eigenvalue weighted by molar-refractivity contribution is 6.00. The Morgan fingerprint density at radius 3 is 2.11 bits per heavy atom. The number of hydrogen-bond donors (Lipinski definition) is 5. The third-order valence-electron chi connectivity index (χ3n) is 5.79. The van der Waals surface area contributed by atoms with Crippen molar-refractivity contribution in [1.29, 1.82) is 0 Å². The van der Waals surface area contributed by atoms with Crippen molar-refractivity contribution in [3.8, 4) is 0 Å². The molecule has 1 atom stereocenters. The van der Waals surface area contributed by atoms with Crippen LogP contribution >= 0.6 is 0 Å². The van der Waals surface area contributed by atoms with Crippen LogP contribution in [0.15, 0.2) is 72.8 Å². The lowest BCUT2D eigenvalue weighted by Gasteiger charge is -2.17. The molecule has 0 saturated carbocycles. The molecule has 0 radical (unpaired) electrons. The van der Waals surface area contributed by atoms with E-state index >= 15 is 0 Å². The molecule has 1 unspecified atom stereocenters. The number of carboxylic acid groups (broad SMARTS) is 1. The molecule has 0 aliphatic rings. The summed E-state index contributed by atoms with van der Waals surface area (Å²) in [6.45, 7) is 3.56. The first-order valence-corrected chi connectivity index (χ1v) is 12.2. The van der Waals surface area contributed by atoms with E-state index in [1.165, 1.54) is 6.92 Å². The minimum atomic E-state index is -0.965. The van der Waals surface area contributed by atoms with Gasteiger partial charge in [-0.3, -0.25) is 14.4 Å². The second kappa shape index (κ2) is 13.7. The summed E-state index contributed by atoms with van der Waals surface area (Å²) >= 11 is 0. The Labute approximate surface area is 221 Å². The smallest absolute Gasteiger partial charge is 0.323 e. The van der Waals surface area contributed by atoms with Crippen molar-refractivity contribution in [2.24, 2.45) is 0 Å². The van der Waals surface area contributed by atoms with E-state index in [2.05, 4.69) is 21.3 Å². The summed E-state index contributed by atoms with van der Waals surface area (Å²) in [5.74, 6) is -1.06. The summed E-state index contributed by atoms with van der Waals surface area (Å²) in [6.07, 6.45) is 0.0840. The maximum Gasteiger partial charge on any atom is 0.323 e. The third-order valence-corrected chi connectivity index (χ3v) is 5.79. The lowest BCUT2D eigenvalue weighted by molar-refractivity contribution is -0.137. The van der Waals surface area contributed by atoms with E-state index in [4.69, 9.17) is 5.11 Å². The number of Topliss-reactive ketones (excluding diaryl/α,β-unsaturated/α-hetero) is 2. The molecule has 0 spiro atoms. The van der Waals surface area contributed by atoms with Crippen LogP contribution < -0.4 is 21.3 Å². The zero-order valence-electron chi connectivity index (χ0n) is 21.4. The number of benzene rings is 3. The predicted molar refractivity (Wildman–Crippen MR) is 148 cm³/mol. The van der Waals surface area contributed by atoms with Gasteiger partial charge in [0.25, 0.3) is 0 Å². The number of anilines is 3. The molecule has 0 fully saturated rings. The SMILES string of the molecule is CC(=O)CNC(CC(=O)O)c1ccc(NCC(=O)Cc2ccc(NC(=O)Nc3ccccc3C)cc2)cc1. The predicted octanol–water partition coefficient (Wildman–Crippen LogP) is 4.56. The molecule has 3 rings (SSSR count). The first-order chi connectivity index (χ1) is 18.2. The molecule has 5 N–H and O–H groups in total. The number of carbonyl (C=O) groups excluding carboxylic acids is 3. The van der Waals surface area contributed by atoms with Crippen LogP contribution in [0.5, 0.6) is 0 Å². The van der Waals surface area contributed by atoms with Gasteiger partial charge in [-0.1, -0.05) is 42.5 Å². The average molecular weight is 517 g/mol. The number of amides is 2. The highest BCUT2D eigenvalue weighted by Crippen LogP contribution is 2.20. The summed E-state index contributed by atoms with van der Waals surface area (Å²) in [7, 11) is 0. The first-order valence-electron chi connectivity index (χ1n) is 12.2. The minimum absolute atomic E-state index is 0.0149. The molecule has 0 saturated heterocycles. The molecule has 9 heteroatoms. The van der Waals surface area contributed by atoms with E-state index in [0.29, 0.717) is 5.69 Å². The van der Waals surface area contributed by atoms with E-state index in [9.17, 15) is 19.2 Å². The van der Waals surface area contributed by atoms with Gasteiger partial charge in [0, 0.05) is 29.5 Å². The number of nitrogens with one attached hydrogen (secondary N) is 4. The Bertz CT molecular complexity index is 1270. The van der Waals surface area contributed by atoms with Crippen molar-refractivity contribution in [3.05, 3.63) is 89.5 Å². The Morgan fingerprint density at radius 1 is 0.816 bits per heavy atom. The third kappa shape index (κ3) is 9.18. The van der Waals surface area contributed by atoms with Gasteiger partial charge in [0.15, 0.2) is 5.78 Å². The highest BCUT2D eigenvalue weighted by atomic mass is 16.4. The van der Waals surface area contributed by atoms with Crippen LogP contribution in [0.25, 0.3) is 0 Å². The molecule has 0 bridgehead atoms. The lowest BCUT2D eigenvalue weighted by atomic mass is 10.0. The summed E-state index contributed by atoms with van der Waals surface area (Å²) in [5.41, 5.74) is 4.60. The molecule has 2 amide bonds.